The van der Waals surface area contributed by atoms with Crippen LogP contribution in [0.1, 0.15) is 30.3 Å². The van der Waals surface area contributed by atoms with E-state index < -0.39 is 5.97 Å². The number of Topliss-reactive ketones (excluding diaryl/α,β-unsaturated/α-hetero) is 1. The number of carboxylic acid groups (broad SMARTS) is 1. The third-order valence-electron chi connectivity index (χ3n) is 3.50. The Balaban J connectivity index is 2.22. The van der Waals surface area contributed by atoms with Gasteiger partial charge in [0.25, 0.3) is 0 Å². The Morgan fingerprint density at radius 1 is 1.36 bits per heavy atom. The quantitative estimate of drug-likeness (QED) is 0.387. The number of rotatable bonds is 8. The SMILES string of the molecule is C=CCCCNC(=O)Nc1ccc2c(C(C)=O)nn(CC(=O)O)c2c1. The van der Waals surface area contributed by atoms with E-state index in [1.54, 1.807) is 24.3 Å². The van der Waals surface area contributed by atoms with Gasteiger partial charge in [0.2, 0.25) is 0 Å². The first-order valence-corrected chi connectivity index (χ1v) is 7.81. The summed E-state index contributed by atoms with van der Waals surface area (Å²) in [6.07, 6.45) is 3.39. The Bertz CT molecular complexity index is 825. The van der Waals surface area contributed by atoms with Crippen molar-refractivity contribution in [1.29, 1.82) is 0 Å². The second-order valence-corrected chi connectivity index (χ2v) is 5.50. The van der Waals surface area contributed by atoms with Crippen molar-refractivity contribution in [2.75, 3.05) is 11.9 Å². The number of hydrogen-bond acceptors (Lipinski definition) is 4. The van der Waals surface area contributed by atoms with Crippen molar-refractivity contribution in [3.05, 3.63) is 36.5 Å². The van der Waals surface area contributed by atoms with Crippen LogP contribution in [0, 0.1) is 0 Å². The number of benzene rings is 1. The molecule has 0 unspecified atom stereocenters. The number of hydrogen-bond donors (Lipinski definition) is 3. The fourth-order valence-corrected chi connectivity index (χ4v) is 2.38. The number of amides is 2. The minimum Gasteiger partial charge on any atom is -0.480 e. The lowest BCUT2D eigenvalue weighted by molar-refractivity contribution is -0.137. The van der Waals surface area contributed by atoms with Gasteiger partial charge in [-0.15, -0.1) is 6.58 Å². The maximum Gasteiger partial charge on any atom is 0.325 e. The number of carbonyl (C=O) groups is 3. The number of aliphatic carboxylic acids is 1. The van der Waals surface area contributed by atoms with Crippen molar-refractivity contribution >= 4 is 34.4 Å². The molecule has 8 heteroatoms. The summed E-state index contributed by atoms with van der Waals surface area (Å²) in [4.78, 5) is 34.5. The van der Waals surface area contributed by atoms with E-state index in [1.165, 1.54) is 11.6 Å². The molecule has 1 aromatic heterocycles. The smallest absolute Gasteiger partial charge is 0.325 e. The summed E-state index contributed by atoms with van der Waals surface area (Å²) in [5.41, 5.74) is 1.16. The highest BCUT2D eigenvalue weighted by Gasteiger charge is 2.16. The molecular weight excluding hydrogens is 324 g/mol. The molecule has 2 aromatic rings. The van der Waals surface area contributed by atoms with Crippen LogP contribution < -0.4 is 10.6 Å². The minimum absolute atomic E-state index is 0.205. The number of allylic oxidation sites excluding steroid dienone is 1. The number of nitrogens with zero attached hydrogens (tertiary/aromatic N) is 2. The molecule has 0 aliphatic rings. The molecule has 0 saturated carbocycles. The first-order chi connectivity index (χ1) is 11.9. The van der Waals surface area contributed by atoms with Gasteiger partial charge in [-0.05, 0) is 31.0 Å². The largest absolute Gasteiger partial charge is 0.480 e. The first-order valence-electron chi connectivity index (χ1n) is 7.81. The van der Waals surface area contributed by atoms with E-state index in [1.807, 2.05) is 0 Å². The second kappa shape index (κ2) is 8.09. The molecule has 2 rings (SSSR count). The molecule has 1 aromatic carbocycles. The average Bonchev–Trinajstić information content (AvgIpc) is 2.89. The third kappa shape index (κ3) is 4.66. The number of carboxylic acids is 1. The zero-order valence-corrected chi connectivity index (χ0v) is 13.9. The maximum absolute atomic E-state index is 11.9. The fourth-order valence-electron chi connectivity index (χ4n) is 2.38. The Morgan fingerprint density at radius 2 is 2.12 bits per heavy atom. The molecule has 0 bridgehead atoms. The van der Waals surface area contributed by atoms with Crippen LogP contribution in [0.15, 0.2) is 30.9 Å². The lowest BCUT2D eigenvalue weighted by atomic mass is 10.1. The van der Waals surface area contributed by atoms with Crippen molar-refractivity contribution in [3.63, 3.8) is 0 Å². The van der Waals surface area contributed by atoms with Gasteiger partial charge in [-0.2, -0.15) is 5.10 Å². The summed E-state index contributed by atoms with van der Waals surface area (Å²) in [7, 11) is 0. The van der Waals surface area contributed by atoms with Gasteiger partial charge in [0.05, 0.1) is 5.52 Å². The third-order valence-corrected chi connectivity index (χ3v) is 3.50. The monoisotopic (exact) mass is 344 g/mol. The van der Waals surface area contributed by atoms with Crippen molar-refractivity contribution in [2.24, 2.45) is 0 Å². The van der Waals surface area contributed by atoms with E-state index in [9.17, 15) is 14.4 Å². The lowest BCUT2D eigenvalue weighted by Crippen LogP contribution is -2.29. The lowest BCUT2D eigenvalue weighted by Gasteiger charge is -2.08. The molecule has 8 nitrogen and oxygen atoms in total. The van der Waals surface area contributed by atoms with Gasteiger partial charge >= 0.3 is 12.0 Å². The highest BCUT2D eigenvalue weighted by Crippen LogP contribution is 2.23. The molecule has 1 heterocycles. The van der Waals surface area contributed by atoms with Crippen LogP contribution in [0.3, 0.4) is 0 Å². The summed E-state index contributed by atoms with van der Waals surface area (Å²) in [6, 6.07) is 4.52. The summed E-state index contributed by atoms with van der Waals surface area (Å²) in [5.74, 6) is -1.33. The predicted molar refractivity (Wildman–Crippen MR) is 93.8 cm³/mol. The standard InChI is InChI=1S/C17H20N4O4/c1-3-4-5-8-18-17(25)19-12-6-7-13-14(9-12)21(10-15(23)24)20-16(13)11(2)22/h3,6-7,9H,1,4-5,8,10H2,2H3,(H,23,24)(H2,18,19,25). The summed E-state index contributed by atoms with van der Waals surface area (Å²) >= 11 is 0. The molecule has 0 aliphatic heterocycles. The Morgan fingerprint density at radius 3 is 2.76 bits per heavy atom. The van der Waals surface area contributed by atoms with E-state index in [0.717, 1.165) is 12.8 Å². The molecule has 2 amide bonds. The summed E-state index contributed by atoms with van der Waals surface area (Å²) in [6.45, 7) is 5.13. The van der Waals surface area contributed by atoms with Gasteiger partial charge in [-0.25, -0.2) is 4.79 Å². The molecule has 0 spiro atoms. The van der Waals surface area contributed by atoms with Gasteiger partial charge in [-0.3, -0.25) is 14.3 Å². The van der Waals surface area contributed by atoms with Gasteiger partial charge in [0.15, 0.2) is 5.78 Å². The molecule has 0 radical (unpaired) electrons. The van der Waals surface area contributed by atoms with E-state index in [0.29, 0.717) is 23.1 Å². The maximum atomic E-state index is 11.9. The van der Waals surface area contributed by atoms with Crippen LogP contribution in [0.2, 0.25) is 0 Å². The second-order valence-electron chi connectivity index (χ2n) is 5.50. The number of aromatic nitrogens is 2. The van der Waals surface area contributed by atoms with E-state index in [-0.39, 0.29) is 24.1 Å². The van der Waals surface area contributed by atoms with Crippen LogP contribution in [-0.4, -0.2) is 39.2 Å². The van der Waals surface area contributed by atoms with E-state index in [4.69, 9.17) is 5.11 Å². The molecule has 132 valence electrons. The fraction of sp³-hybridized carbons (Fsp3) is 0.294. The summed E-state index contributed by atoms with van der Waals surface area (Å²) in [5, 5.41) is 19.0. The average molecular weight is 344 g/mol. The first kappa shape index (κ1) is 18.2. The van der Waals surface area contributed by atoms with Crippen molar-refractivity contribution in [1.82, 2.24) is 15.1 Å². The minimum atomic E-state index is -1.07. The van der Waals surface area contributed by atoms with Crippen LogP contribution in [0.4, 0.5) is 10.5 Å². The van der Waals surface area contributed by atoms with Crippen LogP contribution >= 0.6 is 0 Å². The molecule has 0 fully saturated rings. The Hall–Kier alpha value is -3.16. The summed E-state index contributed by atoms with van der Waals surface area (Å²) < 4.78 is 1.24. The number of nitrogens with one attached hydrogen (secondary N) is 2. The molecule has 25 heavy (non-hydrogen) atoms. The number of unbranched alkanes of at least 4 members (excludes halogenated alkanes) is 1. The zero-order valence-electron chi connectivity index (χ0n) is 13.9. The molecular formula is C17H20N4O4. The molecule has 0 saturated heterocycles. The normalized spacial score (nSPS) is 10.4. The highest BCUT2D eigenvalue weighted by molar-refractivity contribution is 6.06. The van der Waals surface area contributed by atoms with E-state index in [2.05, 4.69) is 22.3 Å². The van der Waals surface area contributed by atoms with E-state index >= 15 is 0 Å². The van der Waals surface area contributed by atoms with Gasteiger partial charge < -0.3 is 15.7 Å². The van der Waals surface area contributed by atoms with Crippen molar-refractivity contribution < 1.29 is 19.5 Å². The molecule has 0 aliphatic carbocycles. The molecule has 3 N–H and O–H groups in total. The van der Waals surface area contributed by atoms with Crippen LogP contribution in [0.25, 0.3) is 10.9 Å². The Kier molecular flexibility index (Phi) is 5.89. The van der Waals surface area contributed by atoms with Gasteiger partial charge in [0, 0.05) is 24.5 Å². The van der Waals surface area contributed by atoms with Crippen LogP contribution in [-0.2, 0) is 11.3 Å². The highest BCUT2D eigenvalue weighted by atomic mass is 16.4. The molecule has 0 atom stereocenters. The van der Waals surface area contributed by atoms with Crippen molar-refractivity contribution in [2.45, 2.75) is 26.3 Å². The number of carbonyl (C=O) groups excluding carboxylic acids is 2. The van der Waals surface area contributed by atoms with Gasteiger partial charge in [0.1, 0.15) is 12.2 Å². The van der Waals surface area contributed by atoms with Crippen LogP contribution in [0.5, 0.6) is 0 Å². The Labute approximate surface area is 144 Å². The number of fused-ring (bicyclic) bond motifs is 1. The topological polar surface area (TPSA) is 113 Å². The zero-order chi connectivity index (χ0) is 18.4. The van der Waals surface area contributed by atoms with Crippen molar-refractivity contribution in [3.8, 4) is 0 Å². The number of ketones is 1. The predicted octanol–water partition coefficient (Wildman–Crippen LogP) is 2.41. The number of urea groups is 1. The van der Waals surface area contributed by atoms with Gasteiger partial charge in [-0.1, -0.05) is 6.08 Å². The number of anilines is 1.